The lowest BCUT2D eigenvalue weighted by Crippen LogP contribution is -2.50. The fraction of sp³-hybridized carbons (Fsp3) is 0.889. The fourth-order valence-corrected chi connectivity index (χ4v) is 3.00. The van der Waals surface area contributed by atoms with Crippen LogP contribution in [0.15, 0.2) is 4.99 Å². The monoisotopic (exact) mass is 483 g/mol. The second kappa shape index (κ2) is 14.4. The highest BCUT2D eigenvalue weighted by atomic mass is 127. The third kappa shape index (κ3) is 9.91. The standard InChI is InChI=1S/C18H37N5O2.HI/c1-6-25-17(15(2)3)7-8-20-18(19-5)21-9-10-22-11-13-23(14-12-22)16(4)24;/h15,17H,6-14H2,1-5H3,(H2,19,20,21);1H. The van der Waals surface area contributed by atoms with E-state index in [4.69, 9.17) is 4.74 Å². The van der Waals surface area contributed by atoms with Crippen LogP contribution in [0.1, 0.15) is 34.1 Å². The average Bonchev–Trinajstić information content (AvgIpc) is 2.59. The van der Waals surface area contributed by atoms with E-state index in [2.05, 4.69) is 34.4 Å². The molecule has 0 saturated carbocycles. The Bertz CT molecular complexity index is 412. The molecule has 154 valence electrons. The lowest BCUT2D eigenvalue weighted by molar-refractivity contribution is -0.130. The quantitative estimate of drug-likeness (QED) is 0.295. The first kappa shape index (κ1) is 25.4. The van der Waals surface area contributed by atoms with Gasteiger partial charge < -0.3 is 20.3 Å². The molecule has 1 unspecified atom stereocenters. The van der Waals surface area contributed by atoms with E-state index in [-0.39, 0.29) is 36.0 Å². The van der Waals surface area contributed by atoms with Gasteiger partial charge in [-0.2, -0.15) is 0 Å². The third-order valence-electron chi connectivity index (χ3n) is 4.61. The van der Waals surface area contributed by atoms with Gasteiger partial charge in [0.15, 0.2) is 5.96 Å². The van der Waals surface area contributed by atoms with Crippen LogP contribution in [0.25, 0.3) is 0 Å². The smallest absolute Gasteiger partial charge is 0.219 e. The van der Waals surface area contributed by atoms with Crippen molar-refractivity contribution in [1.29, 1.82) is 0 Å². The van der Waals surface area contributed by atoms with Gasteiger partial charge in [-0.05, 0) is 19.3 Å². The highest BCUT2D eigenvalue weighted by Crippen LogP contribution is 2.09. The molecule has 0 aromatic heterocycles. The van der Waals surface area contributed by atoms with E-state index in [9.17, 15) is 4.79 Å². The van der Waals surface area contributed by atoms with Gasteiger partial charge in [-0.15, -0.1) is 24.0 Å². The topological polar surface area (TPSA) is 69.2 Å². The Labute approximate surface area is 176 Å². The zero-order valence-corrected chi connectivity index (χ0v) is 19.4. The van der Waals surface area contributed by atoms with Gasteiger partial charge >= 0.3 is 0 Å². The predicted octanol–water partition coefficient (Wildman–Crippen LogP) is 1.38. The van der Waals surface area contributed by atoms with E-state index in [0.717, 1.165) is 64.8 Å². The average molecular weight is 483 g/mol. The van der Waals surface area contributed by atoms with Crippen molar-refractivity contribution in [2.45, 2.75) is 40.2 Å². The van der Waals surface area contributed by atoms with Crippen molar-refractivity contribution >= 4 is 35.8 Å². The number of halogens is 1. The minimum Gasteiger partial charge on any atom is -0.378 e. The lowest BCUT2D eigenvalue weighted by Gasteiger charge is -2.34. The molecule has 0 aliphatic carbocycles. The van der Waals surface area contributed by atoms with E-state index in [1.165, 1.54) is 0 Å². The molecule has 0 radical (unpaired) electrons. The first-order valence-corrected chi connectivity index (χ1v) is 9.51. The van der Waals surface area contributed by atoms with Crippen molar-refractivity contribution in [2.75, 3.05) is 59.5 Å². The van der Waals surface area contributed by atoms with Crippen LogP contribution in [0, 0.1) is 5.92 Å². The molecule has 7 nitrogen and oxygen atoms in total. The summed E-state index contributed by atoms with van der Waals surface area (Å²) in [4.78, 5) is 19.9. The van der Waals surface area contributed by atoms with E-state index in [0.29, 0.717) is 5.92 Å². The normalized spacial score (nSPS) is 17.0. The molecular formula is C18H38IN5O2. The van der Waals surface area contributed by atoms with Gasteiger partial charge in [-0.3, -0.25) is 14.7 Å². The Morgan fingerprint density at radius 2 is 1.77 bits per heavy atom. The van der Waals surface area contributed by atoms with E-state index < -0.39 is 0 Å². The summed E-state index contributed by atoms with van der Waals surface area (Å²) in [7, 11) is 1.80. The molecule has 0 aromatic rings. The van der Waals surface area contributed by atoms with E-state index in [1.807, 2.05) is 11.8 Å². The molecule has 1 atom stereocenters. The number of hydrogen-bond acceptors (Lipinski definition) is 4. The van der Waals surface area contributed by atoms with Gasteiger partial charge in [0.05, 0.1) is 6.10 Å². The van der Waals surface area contributed by atoms with Crippen molar-refractivity contribution in [3.8, 4) is 0 Å². The van der Waals surface area contributed by atoms with Gasteiger partial charge in [-0.25, -0.2) is 0 Å². The van der Waals surface area contributed by atoms with E-state index in [1.54, 1.807) is 14.0 Å². The van der Waals surface area contributed by atoms with Gasteiger partial charge in [0.1, 0.15) is 0 Å². The number of carbonyl (C=O) groups is 1. The van der Waals surface area contributed by atoms with Crippen molar-refractivity contribution in [1.82, 2.24) is 20.4 Å². The minimum atomic E-state index is 0. The molecule has 0 aromatic carbocycles. The molecule has 0 bridgehead atoms. The third-order valence-corrected chi connectivity index (χ3v) is 4.61. The molecule has 1 saturated heterocycles. The maximum atomic E-state index is 11.3. The highest BCUT2D eigenvalue weighted by molar-refractivity contribution is 14.0. The molecule has 0 spiro atoms. The number of nitrogens with one attached hydrogen (secondary N) is 2. The Hall–Kier alpha value is -0.610. The highest BCUT2D eigenvalue weighted by Gasteiger charge is 2.18. The maximum absolute atomic E-state index is 11.3. The Kier molecular flexibility index (Phi) is 14.1. The SMILES string of the molecule is CCOC(CCNC(=NC)NCCN1CCN(C(C)=O)CC1)C(C)C.I. The van der Waals surface area contributed by atoms with Crippen LogP contribution >= 0.6 is 24.0 Å². The zero-order chi connectivity index (χ0) is 18.7. The lowest BCUT2D eigenvalue weighted by atomic mass is 10.0. The molecule has 1 fully saturated rings. The number of aliphatic imine (C=N–C) groups is 1. The maximum Gasteiger partial charge on any atom is 0.219 e. The molecule has 1 heterocycles. The number of guanidine groups is 1. The molecule has 1 aliphatic heterocycles. The van der Waals surface area contributed by atoms with Gasteiger partial charge in [0.2, 0.25) is 5.91 Å². The molecule has 1 amide bonds. The molecule has 1 aliphatic rings. The first-order chi connectivity index (χ1) is 12.0. The van der Waals surface area contributed by atoms with Crippen LogP contribution in [0.3, 0.4) is 0 Å². The molecule has 8 heteroatoms. The van der Waals surface area contributed by atoms with Crippen LogP contribution in [0.5, 0.6) is 0 Å². The number of amides is 1. The zero-order valence-electron chi connectivity index (χ0n) is 17.1. The van der Waals surface area contributed by atoms with Crippen LogP contribution < -0.4 is 10.6 Å². The fourth-order valence-electron chi connectivity index (χ4n) is 3.00. The predicted molar refractivity (Wildman–Crippen MR) is 118 cm³/mol. The molecule has 2 N–H and O–H groups in total. The summed E-state index contributed by atoms with van der Waals surface area (Å²) < 4.78 is 5.77. The number of carbonyl (C=O) groups excluding carboxylic acids is 1. The second-order valence-electron chi connectivity index (χ2n) is 6.80. The number of hydrogen-bond donors (Lipinski definition) is 2. The second-order valence-corrected chi connectivity index (χ2v) is 6.80. The van der Waals surface area contributed by atoms with Gasteiger partial charge in [0, 0.05) is 66.4 Å². The van der Waals surface area contributed by atoms with Gasteiger partial charge in [0.25, 0.3) is 0 Å². The van der Waals surface area contributed by atoms with Crippen LogP contribution in [0.4, 0.5) is 0 Å². The summed E-state index contributed by atoms with van der Waals surface area (Å²) in [5.74, 6) is 1.53. The number of ether oxygens (including phenoxy) is 1. The van der Waals surface area contributed by atoms with Crippen molar-refractivity contribution in [3.63, 3.8) is 0 Å². The summed E-state index contributed by atoms with van der Waals surface area (Å²) in [5.41, 5.74) is 0. The Morgan fingerprint density at radius 3 is 2.27 bits per heavy atom. The van der Waals surface area contributed by atoms with E-state index >= 15 is 0 Å². The number of rotatable bonds is 9. The van der Waals surface area contributed by atoms with Crippen LogP contribution in [-0.2, 0) is 9.53 Å². The van der Waals surface area contributed by atoms with Crippen molar-refractivity contribution in [3.05, 3.63) is 0 Å². The summed E-state index contributed by atoms with van der Waals surface area (Å²) in [6, 6.07) is 0. The summed E-state index contributed by atoms with van der Waals surface area (Å²) >= 11 is 0. The number of piperazine rings is 1. The number of nitrogens with zero attached hydrogens (tertiary/aromatic N) is 3. The Morgan fingerprint density at radius 1 is 1.15 bits per heavy atom. The summed E-state index contributed by atoms with van der Waals surface area (Å²) in [6.45, 7) is 15.0. The van der Waals surface area contributed by atoms with Crippen LogP contribution in [-0.4, -0.2) is 87.2 Å². The van der Waals surface area contributed by atoms with Crippen molar-refractivity contribution in [2.24, 2.45) is 10.9 Å². The molecular weight excluding hydrogens is 445 g/mol. The van der Waals surface area contributed by atoms with Crippen LogP contribution in [0.2, 0.25) is 0 Å². The first-order valence-electron chi connectivity index (χ1n) is 9.51. The molecule has 26 heavy (non-hydrogen) atoms. The minimum absolute atomic E-state index is 0. The van der Waals surface area contributed by atoms with Crippen molar-refractivity contribution < 1.29 is 9.53 Å². The largest absolute Gasteiger partial charge is 0.378 e. The molecule has 1 rings (SSSR count). The summed E-state index contributed by atoms with van der Waals surface area (Å²) in [5, 5.41) is 6.72. The Balaban J connectivity index is 0.00000625. The van der Waals surface area contributed by atoms with Gasteiger partial charge in [-0.1, -0.05) is 13.8 Å². The summed E-state index contributed by atoms with van der Waals surface area (Å²) in [6.07, 6.45) is 1.26.